The van der Waals surface area contributed by atoms with Crippen molar-refractivity contribution < 1.29 is 18.0 Å². The number of amides is 1. The van der Waals surface area contributed by atoms with Gasteiger partial charge in [-0.1, -0.05) is 12.1 Å². The van der Waals surface area contributed by atoms with Crippen LogP contribution < -0.4 is 16.0 Å². The van der Waals surface area contributed by atoms with Crippen LogP contribution in [0.25, 0.3) is 0 Å². The lowest BCUT2D eigenvalue weighted by atomic mass is 10.1. The monoisotopic (exact) mass is 430 g/mol. The zero-order chi connectivity index (χ0) is 22.3. The Labute approximate surface area is 177 Å². The second-order valence-corrected chi connectivity index (χ2v) is 6.80. The number of aryl methyl sites for hydroxylation is 1. The van der Waals surface area contributed by atoms with E-state index in [0.717, 1.165) is 17.7 Å². The van der Waals surface area contributed by atoms with E-state index in [2.05, 4.69) is 31.1 Å². The number of rotatable bonds is 8. The molecular formula is C21H21F3N6O. The first kappa shape index (κ1) is 22.0. The van der Waals surface area contributed by atoms with Crippen LogP contribution in [0.4, 0.5) is 30.6 Å². The quantitative estimate of drug-likeness (QED) is 0.472. The molecule has 1 amide bonds. The highest BCUT2D eigenvalue weighted by Gasteiger charge is 2.29. The molecule has 0 aliphatic carbocycles. The molecule has 3 rings (SSSR count). The van der Waals surface area contributed by atoms with Crippen molar-refractivity contribution in [3.8, 4) is 0 Å². The third-order valence-electron chi connectivity index (χ3n) is 4.24. The lowest BCUT2D eigenvalue weighted by Crippen LogP contribution is -2.30. The van der Waals surface area contributed by atoms with E-state index < -0.39 is 11.7 Å². The number of hydrogen-bond acceptors (Lipinski definition) is 6. The van der Waals surface area contributed by atoms with Crippen LogP contribution in [0.15, 0.2) is 54.7 Å². The molecule has 3 aromatic rings. The Balaban J connectivity index is 1.38. The number of hydrogen-bond donors (Lipinski definition) is 3. The highest BCUT2D eigenvalue weighted by atomic mass is 19.4. The molecule has 0 atom stereocenters. The first-order valence-electron chi connectivity index (χ1n) is 9.50. The highest BCUT2D eigenvalue weighted by molar-refractivity contribution is 5.78. The lowest BCUT2D eigenvalue weighted by Gasteiger charge is -2.09. The first-order chi connectivity index (χ1) is 14.8. The van der Waals surface area contributed by atoms with Crippen molar-refractivity contribution in [3.05, 3.63) is 71.4 Å². The molecule has 0 saturated heterocycles. The van der Waals surface area contributed by atoms with Crippen LogP contribution >= 0.6 is 0 Å². The average Bonchev–Trinajstić information content (AvgIpc) is 2.72. The molecule has 0 bridgehead atoms. The van der Waals surface area contributed by atoms with Gasteiger partial charge < -0.3 is 16.0 Å². The standard InChI is InChI=1S/C21H21F3N6O/c1-14-8-9-25-19(12-14)28-18-7-6-17(29-30-18)26-10-11-27-20(31)13-15-2-4-16(5-3-15)21(22,23)24/h2-9,12H,10-11,13H2,1H3,(H,26,29)(H,27,31)(H,25,28,30). The molecule has 162 valence electrons. The van der Waals surface area contributed by atoms with Crippen molar-refractivity contribution in [1.29, 1.82) is 0 Å². The highest BCUT2D eigenvalue weighted by Crippen LogP contribution is 2.29. The number of pyridine rings is 1. The molecule has 10 heteroatoms. The second-order valence-electron chi connectivity index (χ2n) is 6.80. The molecule has 0 aliphatic rings. The molecule has 3 N–H and O–H groups in total. The molecule has 1 aromatic carbocycles. The van der Waals surface area contributed by atoms with Gasteiger partial charge in [0.15, 0.2) is 5.82 Å². The van der Waals surface area contributed by atoms with Gasteiger partial charge in [-0.05, 0) is 54.4 Å². The van der Waals surface area contributed by atoms with Gasteiger partial charge in [0.25, 0.3) is 0 Å². The fraction of sp³-hybridized carbons (Fsp3) is 0.238. The number of benzene rings is 1. The Morgan fingerprint density at radius 3 is 2.29 bits per heavy atom. The van der Waals surface area contributed by atoms with E-state index in [1.165, 1.54) is 12.1 Å². The average molecular weight is 430 g/mol. The number of halogens is 3. The molecule has 2 heterocycles. The van der Waals surface area contributed by atoms with Crippen molar-refractivity contribution in [2.75, 3.05) is 23.7 Å². The van der Waals surface area contributed by atoms with Gasteiger partial charge >= 0.3 is 6.18 Å². The van der Waals surface area contributed by atoms with Gasteiger partial charge in [0.2, 0.25) is 5.91 Å². The van der Waals surface area contributed by atoms with E-state index in [9.17, 15) is 18.0 Å². The Kier molecular flexibility index (Phi) is 7.01. The summed E-state index contributed by atoms with van der Waals surface area (Å²) in [6.07, 6.45) is -2.68. The van der Waals surface area contributed by atoms with Gasteiger partial charge in [0.1, 0.15) is 11.6 Å². The van der Waals surface area contributed by atoms with E-state index >= 15 is 0 Å². The van der Waals surface area contributed by atoms with Crippen LogP contribution in [0.2, 0.25) is 0 Å². The molecule has 0 radical (unpaired) electrons. The largest absolute Gasteiger partial charge is 0.416 e. The zero-order valence-electron chi connectivity index (χ0n) is 16.7. The van der Waals surface area contributed by atoms with E-state index in [1.807, 2.05) is 19.1 Å². The summed E-state index contributed by atoms with van der Waals surface area (Å²) in [5.74, 6) is 1.48. The molecule has 31 heavy (non-hydrogen) atoms. The molecule has 7 nitrogen and oxygen atoms in total. The predicted octanol–water partition coefficient (Wildman–Crippen LogP) is 3.71. The first-order valence-corrected chi connectivity index (χ1v) is 9.50. The zero-order valence-corrected chi connectivity index (χ0v) is 16.7. The van der Waals surface area contributed by atoms with E-state index in [-0.39, 0.29) is 12.3 Å². The Morgan fingerprint density at radius 2 is 1.65 bits per heavy atom. The van der Waals surface area contributed by atoms with Crippen LogP contribution in [-0.2, 0) is 17.4 Å². The topological polar surface area (TPSA) is 91.8 Å². The van der Waals surface area contributed by atoms with Crippen molar-refractivity contribution in [1.82, 2.24) is 20.5 Å². The molecule has 0 spiro atoms. The number of aromatic nitrogens is 3. The van der Waals surface area contributed by atoms with Crippen LogP contribution in [0.5, 0.6) is 0 Å². The maximum Gasteiger partial charge on any atom is 0.416 e. The van der Waals surface area contributed by atoms with Crippen LogP contribution in [0.3, 0.4) is 0 Å². The smallest absolute Gasteiger partial charge is 0.367 e. The molecule has 0 aliphatic heterocycles. The van der Waals surface area contributed by atoms with Gasteiger partial charge in [-0.2, -0.15) is 13.2 Å². The molecule has 2 aromatic heterocycles. The number of carbonyl (C=O) groups excluding carboxylic acids is 1. The van der Waals surface area contributed by atoms with Gasteiger partial charge in [-0.25, -0.2) is 4.98 Å². The normalized spacial score (nSPS) is 11.1. The molecular weight excluding hydrogens is 409 g/mol. The minimum absolute atomic E-state index is 0.00526. The lowest BCUT2D eigenvalue weighted by molar-refractivity contribution is -0.137. The maximum absolute atomic E-state index is 12.6. The van der Waals surface area contributed by atoms with Crippen molar-refractivity contribution >= 4 is 23.4 Å². The summed E-state index contributed by atoms with van der Waals surface area (Å²) >= 11 is 0. The van der Waals surface area contributed by atoms with E-state index in [1.54, 1.807) is 18.3 Å². The third-order valence-corrected chi connectivity index (χ3v) is 4.24. The Hall–Kier alpha value is -3.69. The minimum Gasteiger partial charge on any atom is -0.367 e. The summed E-state index contributed by atoms with van der Waals surface area (Å²) in [6.45, 7) is 2.71. The van der Waals surface area contributed by atoms with Gasteiger partial charge in [-0.15, -0.1) is 10.2 Å². The van der Waals surface area contributed by atoms with Crippen molar-refractivity contribution in [2.45, 2.75) is 19.5 Å². The van der Waals surface area contributed by atoms with Gasteiger partial charge in [-0.3, -0.25) is 4.79 Å². The summed E-state index contributed by atoms with van der Waals surface area (Å²) in [7, 11) is 0. The number of nitrogens with zero attached hydrogens (tertiary/aromatic N) is 3. The second kappa shape index (κ2) is 9.88. The van der Waals surface area contributed by atoms with Gasteiger partial charge in [0, 0.05) is 19.3 Å². The summed E-state index contributed by atoms with van der Waals surface area (Å²) in [5.41, 5.74) is 0.845. The van der Waals surface area contributed by atoms with Crippen LogP contribution in [-0.4, -0.2) is 34.2 Å². The fourth-order valence-electron chi connectivity index (χ4n) is 2.68. The molecule has 0 saturated carbocycles. The van der Waals surface area contributed by atoms with Crippen molar-refractivity contribution in [2.24, 2.45) is 0 Å². The summed E-state index contributed by atoms with van der Waals surface area (Å²) in [6, 6.07) is 11.8. The third kappa shape index (κ3) is 6.95. The van der Waals surface area contributed by atoms with Crippen molar-refractivity contribution in [3.63, 3.8) is 0 Å². The number of nitrogens with one attached hydrogen (secondary N) is 3. The van der Waals surface area contributed by atoms with E-state index in [0.29, 0.717) is 36.1 Å². The summed E-state index contributed by atoms with van der Waals surface area (Å²) in [5, 5.41) is 16.9. The summed E-state index contributed by atoms with van der Waals surface area (Å²) < 4.78 is 37.7. The summed E-state index contributed by atoms with van der Waals surface area (Å²) in [4.78, 5) is 16.1. The number of anilines is 3. The van der Waals surface area contributed by atoms with Crippen LogP contribution in [0, 0.1) is 6.92 Å². The van der Waals surface area contributed by atoms with Crippen LogP contribution in [0.1, 0.15) is 16.7 Å². The Bertz CT molecular complexity index is 1010. The number of carbonyl (C=O) groups is 1. The Morgan fingerprint density at radius 1 is 0.935 bits per heavy atom. The predicted molar refractivity (Wildman–Crippen MR) is 111 cm³/mol. The van der Waals surface area contributed by atoms with Gasteiger partial charge in [0.05, 0.1) is 12.0 Å². The fourth-order valence-corrected chi connectivity index (χ4v) is 2.68. The minimum atomic E-state index is -4.39. The molecule has 0 unspecified atom stereocenters. The maximum atomic E-state index is 12.6. The van der Waals surface area contributed by atoms with E-state index in [4.69, 9.17) is 0 Å². The number of alkyl halides is 3. The molecule has 0 fully saturated rings. The SMILES string of the molecule is Cc1ccnc(Nc2ccc(NCCNC(=O)Cc3ccc(C(F)(F)F)cc3)nn2)c1.